The SMILES string of the molecule is O=C(CN1CCCC(O)C1)NC(=O)c1ccccc1Br. The van der Waals surface area contributed by atoms with Crippen LogP contribution in [0.2, 0.25) is 0 Å². The molecule has 1 unspecified atom stereocenters. The summed E-state index contributed by atoms with van der Waals surface area (Å²) in [5.74, 6) is -0.764. The summed E-state index contributed by atoms with van der Waals surface area (Å²) >= 11 is 3.28. The molecule has 1 aliphatic rings. The molecule has 1 aliphatic heterocycles. The minimum absolute atomic E-state index is 0.132. The van der Waals surface area contributed by atoms with Crippen molar-refractivity contribution in [2.45, 2.75) is 18.9 Å². The zero-order valence-electron chi connectivity index (χ0n) is 11.0. The van der Waals surface area contributed by atoms with Gasteiger partial charge in [0.15, 0.2) is 0 Å². The Hall–Kier alpha value is -1.24. The number of carbonyl (C=O) groups is 2. The second-order valence-electron chi connectivity index (χ2n) is 4.89. The number of likely N-dealkylation sites (tertiary alicyclic amines) is 1. The number of hydrogen-bond donors (Lipinski definition) is 2. The van der Waals surface area contributed by atoms with Gasteiger partial charge in [0.25, 0.3) is 5.91 Å². The number of aliphatic hydroxyl groups excluding tert-OH is 1. The molecule has 108 valence electrons. The summed E-state index contributed by atoms with van der Waals surface area (Å²) in [6.07, 6.45) is 1.26. The maximum Gasteiger partial charge on any atom is 0.259 e. The molecule has 0 spiro atoms. The third-order valence-corrected chi connectivity index (χ3v) is 3.91. The van der Waals surface area contributed by atoms with Gasteiger partial charge in [-0.2, -0.15) is 0 Å². The van der Waals surface area contributed by atoms with E-state index in [9.17, 15) is 14.7 Å². The number of nitrogens with one attached hydrogen (secondary N) is 1. The molecule has 6 heteroatoms. The van der Waals surface area contributed by atoms with Crippen LogP contribution < -0.4 is 5.32 Å². The third-order valence-electron chi connectivity index (χ3n) is 3.22. The van der Waals surface area contributed by atoms with Crippen LogP contribution in [0.5, 0.6) is 0 Å². The monoisotopic (exact) mass is 340 g/mol. The lowest BCUT2D eigenvalue weighted by Gasteiger charge is -2.29. The van der Waals surface area contributed by atoms with Crippen molar-refractivity contribution in [3.8, 4) is 0 Å². The molecule has 2 N–H and O–H groups in total. The van der Waals surface area contributed by atoms with Crippen LogP contribution in [0.25, 0.3) is 0 Å². The maximum atomic E-state index is 12.0. The van der Waals surface area contributed by atoms with Crippen LogP contribution in [-0.4, -0.2) is 47.6 Å². The molecule has 1 atom stereocenters. The molecule has 1 saturated heterocycles. The molecule has 5 nitrogen and oxygen atoms in total. The molecule has 0 aliphatic carbocycles. The van der Waals surface area contributed by atoms with Crippen molar-refractivity contribution in [3.05, 3.63) is 34.3 Å². The lowest BCUT2D eigenvalue weighted by molar-refractivity contribution is -0.121. The van der Waals surface area contributed by atoms with E-state index in [1.54, 1.807) is 24.3 Å². The van der Waals surface area contributed by atoms with Crippen molar-refractivity contribution in [2.24, 2.45) is 0 Å². The highest BCUT2D eigenvalue weighted by atomic mass is 79.9. The summed E-state index contributed by atoms with van der Waals surface area (Å²) in [6, 6.07) is 6.95. The molecule has 2 rings (SSSR count). The van der Waals surface area contributed by atoms with Gasteiger partial charge < -0.3 is 5.11 Å². The number of amides is 2. The number of imide groups is 1. The first-order chi connectivity index (χ1) is 9.56. The van der Waals surface area contributed by atoms with E-state index in [-0.39, 0.29) is 18.6 Å². The summed E-state index contributed by atoms with van der Waals surface area (Å²) < 4.78 is 0.652. The van der Waals surface area contributed by atoms with Gasteiger partial charge in [-0.1, -0.05) is 12.1 Å². The zero-order chi connectivity index (χ0) is 14.5. The fourth-order valence-corrected chi connectivity index (χ4v) is 2.72. The number of piperidine rings is 1. The average molecular weight is 341 g/mol. The standard InChI is InChI=1S/C14H17BrN2O3/c15-12-6-2-1-5-11(12)14(20)16-13(19)9-17-7-3-4-10(18)8-17/h1-2,5-6,10,18H,3-4,7-9H2,(H,16,19,20). The summed E-state index contributed by atoms with van der Waals surface area (Å²) in [4.78, 5) is 25.7. The van der Waals surface area contributed by atoms with Crippen LogP contribution in [0.4, 0.5) is 0 Å². The van der Waals surface area contributed by atoms with Gasteiger partial charge in [0.2, 0.25) is 5.91 Å². The van der Waals surface area contributed by atoms with Gasteiger partial charge in [0, 0.05) is 11.0 Å². The van der Waals surface area contributed by atoms with E-state index < -0.39 is 5.91 Å². The van der Waals surface area contributed by atoms with Crippen molar-refractivity contribution >= 4 is 27.7 Å². The van der Waals surface area contributed by atoms with Crippen molar-refractivity contribution in [2.75, 3.05) is 19.6 Å². The molecule has 2 amide bonds. The van der Waals surface area contributed by atoms with E-state index in [4.69, 9.17) is 0 Å². The first kappa shape index (κ1) is 15.2. The Morgan fingerprint density at radius 2 is 2.15 bits per heavy atom. The van der Waals surface area contributed by atoms with E-state index in [0.29, 0.717) is 16.6 Å². The second kappa shape index (κ2) is 6.97. The Morgan fingerprint density at radius 1 is 1.40 bits per heavy atom. The van der Waals surface area contributed by atoms with E-state index >= 15 is 0 Å². The Kier molecular flexibility index (Phi) is 5.28. The minimum atomic E-state index is -0.417. The zero-order valence-corrected chi connectivity index (χ0v) is 12.6. The molecule has 20 heavy (non-hydrogen) atoms. The van der Waals surface area contributed by atoms with Crippen LogP contribution >= 0.6 is 15.9 Å². The Bertz CT molecular complexity index is 507. The quantitative estimate of drug-likeness (QED) is 0.866. The van der Waals surface area contributed by atoms with Gasteiger partial charge in [-0.15, -0.1) is 0 Å². The number of benzene rings is 1. The van der Waals surface area contributed by atoms with Crippen molar-refractivity contribution in [1.82, 2.24) is 10.2 Å². The Balaban J connectivity index is 1.88. The number of aliphatic hydroxyl groups is 1. The number of β-amino-alcohol motifs (C(OH)–C–C–N with tert-alkyl or cyclic N) is 1. The molecule has 0 saturated carbocycles. The summed E-state index contributed by atoms with van der Waals surface area (Å²) in [5, 5.41) is 11.9. The fraction of sp³-hybridized carbons (Fsp3) is 0.429. The normalized spacial score (nSPS) is 19.6. The largest absolute Gasteiger partial charge is 0.392 e. The van der Waals surface area contributed by atoms with E-state index in [1.807, 2.05) is 4.90 Å². The maximum absolute atomic E-state index is 12.0. The van der Waals surface area contributed by atoms with E-state index in [2.05, 4.69) is 21.2 Å². The Morgan fingerprint density at radius 3 is 2.85 bits per heavy atom. The van der Waals surface area contributed by atoms with Crippen molar-refractivity contribution in [3.63, 3.8) is 0 Å². The lowest BCUT2D eigenvalue weighted by atomic mass is 10.1. The predicted molar refractivity (Wildman–Crippen MR) is 78.3 cm³/mol. The topological polar surface area (TPSA) is 69.6 Å². The van der Waals surface area contributed by atoms with Crippen LogP contribution in [0.15, 0.2) is 28.7 Å². The Labute approximate surface area is 126 Å². The second-order valence-corrected chi connectivity index (χ2v) is 5.74. The number of nitrogens with zero attached hydrogens (tertiary/aromatic N) is 1. The molecular formula is C14H17BrN2O3. The van der Waals surface area contributed by atoms with Crippen LogP contribution in [0, 0.1) is 0 Å². The first-order valence-electron chi connectivity index (χ1n) is 6.55. The van der Waals surface area contributed by atoms with Gasteiger partial charge in [-0.25, -0.2) is 0 Å². The number of rotatable bonds is 3. The highest BCUT2D eigenvalue weighted by Crippen LogP contribution is 2.15. The molecule has 0 bridgehead atoms. The number of halogens is 1. The minimum Gasteiger partial charge on any atom is -0.392 e. The molecular weight excluding hydrogens is 324 g/mol. The molecule has 1 aromatic rings. The highest BCUT2D eigenvalue weighted by Gasteiger charge is 2.21. The number of carbonyl (C=O) groups excluding carboxylic acids is 2. The number of hydrogen-bond acceptors (Lipinski definition) is 4. The third kappa shape index (κ3) is 4.13. The molecule has 1 fully saturated rings. The summed E-state index contributed by atoms with van der Waals surface area (Å²) in [7, 11) is 0. The van der Waals surface area contributed by atoms with E-state index in [1.165, 1.54) is 0 Å². The predicted octanol–water partition coefficient (Wildman–Crippen LogP) is 1.16. The van der Waals surface area contributed by atoms with Gasteiger partial charge in [0.05, 0.1) is 18.2 Å². The smallest absolute Gasteiger partial charge is 0.259 e. The van der Waals surface area contributed by atoms with Gasteiger partial charge in [0.1, 0.15) is 0 Å². The first-order valence-corrected chi connectivity index (χ1v) is 7.34. The van der Waals surface area contributed by atoms with Crippen LogP contribution in [-0.2, 0) is 4.79 Å². The van der Waals surface area contributed by atoms with Gasteiger partial charge >= 0.3 is 0 Å². The van der Waals surface area contributed by atoms with Gasteiger partial charge in [-0.3, -0.25) is 19.8 Å². The molecule has 0 radical (unpaired) electrons. The van der Waals surface area contributed by atoms with Crippen molar-refractivity contribution in [1.29, 1.82) is 0 Å². The summed E-state index contributed by atoms with van der Waals surface area (Å²) in [5.41, 5.74) is 0.430. The molecule has 1 aromatic carbocycles. The van der Waals surface area contributed by atoms with Crippen LogP contribution in [0.3, 0.4) is 0 Å². The lowest BCUT2D eigenvalue weighted by Crippen LogP contribution is -2.45. The average Bonchev–Trinajstić information content (AvgIpc) is 2.38. The van der Waals surface area contributed by atoms with Gasteiger partial charge in [-0.05, 0) is 47.4 Å². The van der Waals surface area contributed by atoms with E-state index in [0.717, 1.165) is 19.4 Å². The summed E-state index contributed by atoms with van der Waals surface area (Å²) in [6.45, 7) is 1.39. The molecule has 1 heterocycles. The van der Waals surface area contributed by atoms with Crippen molar-refractivity contribution < 1.29 is 14.7 Å². The van der Waals surface area contributed by atoms with Crippen LogP contribution in [0.1, 0.15) is 23.2 Å². The fourth-order valence-electron chi connectivity index (χ4n) is 2.26. The molecule has 0 aromatic heterocycles. The highest BCUT2D eigenvalue weighted by molar-refractivity contribution is 9.10.